The topological polar surface area (TPSA) is 94.5 Å². The first-order valence-corrected chi connectivity index (χ1v) is 10.3. The van der Waals surface area contributed by atoms with Gasteiger partial charge in [0.05, 0.1) is 18.3 Å². The minimum Gasteiger partial charge on any atom is -0.354 e. The predicted octanol–water partition coefficient (Wildman–Crippen LogP) is 3.29. The number of H-pyrrole nitrogens is 1. The summed E-state index contributed by atoms with van der Waals surface area (Å²) >= 11 is 3.35. The first-order valence-electron chi connectivity index (χ1n) is 9.50. The molecule has 9 heteroatoms. The number of nitrogens with zero attached hydrogens (tertiary/aromatic N) is 2. The summed E-state index contributed by atoms with van der Waals surface area (Å²) in [6.45, 7) is 1.16. The third-order valence-electron chi connectivity index (χ3n) is 5.46. The van der Waals surface area contributed by atoms with Crippen LogP contribution in [0.1, 0.15) is 31.4 Å². The minimum absolute atomic E-state index is 0.0581. The Labute approximate surface area is 170 Å². The van der Waals surface area contributed by atoms with Gasteiger partial charge in [-0.3, -0.25) is 0 Å². The van der Waals surface area contributed by atoms with Crippen LogP contribution in [0.15, 0.2) is 22.7 Å². The molecule has 1 saturated heterocycles. The minimum atomic E-state index is -0.452. The molecular weight excluding hydrogens is 429 g/mol. The van der Waals surface area contributed by atoms with E-state index in [1.165, 1.54) is 0 Å². The van der Waals surface area contributed by atoms with E-state index in [9.17, 15) is 14.0 Å². The van der Waals surface area contributed by atoms with Crippen LogP contribution in [0.2, 0.25) is 0 Å². The number of piperidine rings is 1. The van der Waals surface area contributed by atoms with Crippen LogP contribution in [-0.2, 0) is 6.54 Å². The van der Waals surface area contributed by atoms with Gasteiger partial charge < -0.3 is 25.8 Å². The summed E-state index contributed by atoms with van der Waals surface area (Å²) in [5.41, 5.74) is 6.45. The summed E-state index contributed by atoms with van der Waals surface area (Å²) in [5.74, 6) is -0.354. The Bertz CT molecular complexity index is 913. The van der Waals surface area contributed by atoms with Gasteiger partial charge in [0.15, 0.2) is 5.82 Å². The largest absolute Gasteiger partial charge is 0.354 e. The first kappa shape index (κ1) is 19.0. The van der Waals surface area contributed by atoms with E-state index in [0.29, 0.717) is 29.7 Å². The zero-order valence-corrected chi connectivity index (χ0v) is 17.0. The SMILES string of the molecule is NC(=O)N1CCC[C@@H](N(C(=O)NCc2[nH]c3ccc(Br)cc3c2F)C2CC2)C1. The van der Waals surface area contributed by atoms with E-state index >= 15 is 0 Å². The summed E-state index contributed by atoms with van der Waals surface area (Å²) in [6.07, 6.45) is 3.56. The van der Waals surface area contributed by atoms with E-state index < -0.39 is 6.03 Å². The van der Waals surface area contributed by atoms with E-state index in [2.05, 4.69) is 26.2 Å². The maximum atomic E-state index is 14.7. The number of amides is 4. The van der Waals surface area contributed by atoms with Crippen molar-refractivity contribution in [3.05, 3.63) is 34.2 Å². The van der Waals surface area contributed by atoms with Gasteiger partial charge in [-0.2, -0.15) is 0 Å². The molecule has 2 aromatic rings. The second-order valence-corrected chi connectivity index (χ2v) is 8.40. The molecule has 0 unspecified atom stereocenters. The lowest BCUT2D eigenvalue weighted by Gasteiger charge is -2.39. The number of rotatable bonds is 4. The number of fused-ring (bicyclic) bond motifs is 1. The van der Waals surface area contributed by atoms with E-state index in [4.69, 9.17) is 5.73 Å². The van der Waals surface area contributed by atoms with Crippen molar-refractivity contribution in [2.75, 3.05) is 13.1 Å². The van der Waals surface area contributed by atoms with Gasteiger partial charge in [0, 0.05) is 34.5 Å². The van der Waals surface area contributed by atoms with Crippen LogP contribution in [-0.4, -0.2) is 52.0 Å². The van der Waals surface area contributed by atoms with Crippen LogP contribution < -0.4 is 11.1 Å². The Hall–Kier alpha value is -2.29. The number of carbonyl (C=O) groups is 2. The molecule has 4 N–H and O–H groups in total. The molecule has 1 aromatic carbocycles. The van der Waals surface area contributed by atoms with Gasteiger partial charge in [-0.15, -0.1) is 0 Å². The molecular formula is C19H23BrFN5O2. The molecule has 1 atom stereocenters. The number of aromatic amines is 1. The summed E-state index contributed by atoms with van der Waals surface area (Å²) in [7, 11) is 0. The van der Waals surface area contributed by atoms with Crippen molar-refractivity contribution in [2.24, 2.45) is 5.73 Å². The molecule has 2 heterocycles. The molecule has 28 heavy (non-hydrogen) atoms. The molecule has 2 aliphatic rings. The number of hydrogen-bond donors (Lipinski definition) is 3. The van der Waals surface area contributed by atoms with Crippen molar-refractivity contribution in [3.8, 4) is 0 Å². The zero-order chi connectivity index (χ0) is 19.8. The molecule has 2 fully saturated rings. The normalized spacial score (nSPS) is 19.6. The highest BCUT2D eigenvalue weighted by atomic mass is 79.9. The summed E-state index contributed by atoms with van der Waals surface area (Å²) in [4.78, 5) is 30.9. The van der Waals surface area contributed by atoms with Crippen molar-refractivity contribution in [1.29, 1.82) is 0 Å². The molecule has 1 aliphatic heterocycles. The summed E-state index contributed by atoms with van der Waals surface area (Å²) < 4.78 is 15.4. The Morgan fingerprint density at radius 3 is 2.82 bits per heavy atom. The van der Waals surface area contributed by atoms with Gasteiger partial charge in [-0.05, 0) is 43.9 Å². The van der Waals surface area contributed by atoms with Crippen LogP contribution in [0.4, 0.5) is 14.0 Å². The Morgan fingerprint density at radius 1 is 1.32 bits per heavy atom. The first-order chi connectivity index (χ1) is 13.4. The molecule has 4 rings (SSSR count). The Balaban J connectivity index is 1.46. The average Bonchev–Trinajstić information content (AvgIpc) is 3.46. The standard InChI is InChI=1S/C19H23BrFN5O2/c20-11-3-6-15-14(8-11)17(21)16(24-15)9-23-19(28)26(12-4-5-12)13-2-1-7-25(10-13)18(22)27/h3,6,8,12-13,24H,1-2,4-5,7,9-10H2,(H2,22,27)(H,23,28)/t13-/m1/s1. The Kier molecular flexibility index (Phi) is 5.18. The van der Waals surface area contributed by atoms with Crippen molar-refractivity contribution >= 4 is 38.9 Å². The lowest BCUT2D eigenvalue weighted by Crippen LogP contribution is -2.55. The molecule has 0 bridgehead atoms. The summed E-state index contributed by atoms with van der Waals surface area (Å²) in [5, 5.41) is 3.34. The van der Waals surface area contributed by atoms with Gasteiger partial charge >= 0.3 is 12.1 Å². The smallest absolute Gasteiger partial charge is 0.318 e. The van der Waals surface area contributed by atoms with E-state index in [1.54, 1.807) is 17.0 Å². The third-order valence-corrected chi connectivity index (χ3v) is 5.95. The highest BCUT2D eigenvalue weighted by Gasteiger charge is 2.39. The van der Waals surface area contributed by atoms with Crippen molar-refractivity contribution in [1.82, 2.24) is 20.1 Å². The molecule has 0 spiro atoms. The number of nitrogens with two attached hydrogens (primary N) is 1. The fraction of sp³-hybridized carbons (Fsp3) is 0.474. The van der Waals surface area contributed by atoms with Crippen LogP contribution in [0.5, 0.6) is 0 Å². The second-order valence-electron chi connectivity index (χ2n) is 7.48. The van der Waals surface area contributed by atoms with Crippen LogP contribution in [0.25, 0.3) is 10.9 Å². The highest BCUT2D eigenvalue weighted by molar-refractivity contribution is 9.10. The predicted molar refractivity (Wildman–Crippen MR) is 107 cm³/mol. The average molecular weight is 452 g/mol. The monoisotopic (exact) mass is 451 g/mol. The third kappa shape index (κ3) is 3.80. The molecule has 4 amide bonds. The fourth-order valence-corrected chi connectivity index (χ4v) is 4.29. The number of aromatic nitrogens is 1. The van der Waals surface area contributed by atoms with Crippen molar-refractivity contribution < 1.29 is 14.0 Å². The Morgan fingerprint density at radius 2 is 2.11 bits per heavy atom. The van der Waals surface area contributed by atoms with Gasteiger partial charge in [0.1, 0.15) is 0 Å². The molecule has 7 nitrogen and oxygen atoms in total. The number of primary amides is 1. The number of hydrogen-bond acceptors (Lipinski definition) is 2. The lowest BCUT2D eigenvalue weighted by atomic mass is 10.0. The summed E-state index contributed by atoms with van der Waals surface area (Å²) in [6, 6.07) is 4.79. The zero-order valence-electron chi connectivity index (χ0n) is 15.4. The highest BCUT2D eigenvalue weighted by Crippen LogP contribution is 2.31. The number of urea groups is 2. The molecule has 1 saturated carbocycles. The van der Waals surface area contributed by atoms with E-state index in [1.807, 2.05) is 11.0 Å². The van der Waals surface area contributed by atoms with Crippen LogP contribution in [0, 0.1) is 5.82 Å². The van der Waals surface area contributed by atoms with Gasteiger partial charge in [-0.1, -0.05) is 15.9 Å². The molecule has 1 aliphatic carbocycles. The lowest BCUT2D eigenvalue weighted by molar-refractivity contribution is 0.118. The number of carbonyl (C=O) groups excluding carboxylic acids is 2. The van der Waals surface area contributed by atoms with Crippen molar-refractivity contribution in [3.63, 3.8) is 0 Å². The van der Waals surface area contributed by atoms with Crippen LogP contribution >= 0.6 is 15.9 Å². The molecule has 0 radical (unpaired) electrons. The van der Waals surface area contributed by atoms with Gasteiger partial charge in [-0.25, -0.2) is 14.0 Å². The molecule has 150 valence electrons. The number of halogens is 2. The molecule has 1 aromatic heterocycles. The van der Waals surface area contributed by atoms with Gasteiger partial charge in [0.25, 0.3) is 0 Å². The maximum absolute atomic E-state index is 14.7. The van der Waals surface area contributed by atoms with Crippen LogP contribution in [0.3, 0.4) is 0 Å². The maximum Gasteiger partial charge on any atom is 0.318 e. The quantitative estimate of drug-likeness (QED) is 0.664. The van der Waals surface area contributed by atoms with Gasteiger partial charge in [0.2, 0.25) is 0 Å². The fourth-order valence-electron chi connectivity index (χ4n) is 3.93. The second kappa shape index (κ2) is 7.62. The van der Waals surface area contributed by atoms with Crippen molar-refractivity contribution in [2.45, 2.75) is 44.3 Å². The number of benzene rings is 1. The van der Waals surface area contributed by atoms with E-state index in [0.717, 1.165) is 30.2 Å². The number of likely N-dealkylation sites (tertiary alicyclic amines) is 1. The van der Waals surface area contributed by atoms with E-state index in [-0.39, 0.29) is 30.5 Å². The number of nitrogens with one attached hydrogen (secondary N) is 2.